The molecule has 0 bridgehead atoms. The number of rotatable bonds is 6. The number of halogens is 2. The maximum absolute atomic E-state index is 12.5. The molecule has 2 amide bonds. The molecule has 0 unspecified atom stereocenters. The van der Waals surface area contributed by atoms with Crippen molar-refractivity contribution in [2.45, 2.75) is 32.3 Å². The van der Waals surface area contributed by atoms with E-state index in [0.29, 0.717) is 32.7 Å². The summed E-state index contributed by atoms with van der Waals surface area (Å²) in [6, 6.07) is 6.14. The second-order valence-electron chi connectivity index (χ2n) is 7.30. The quantitative estimate of drug-likeness (QED) is 0.739. The van der Waals surface area contributed by atoms with E-state index in [2.05, 4.69) is 9.64 Å². The Bertz CT molecular complexity index is 655. The predicted molar refractivity (Wildman–Crippen MR) is 100 cm³/mol. The first-order chi connectivity index (χ1) is 13.5. The van der Waals surface area contributed by atoms with Gasteiger partial charge in [0.15, 0.2) is 0 Å². The molecule has 2 saturated heterocycles. The first kappa shape index (κ1) is 20.5. The van der Waals surface area contributed by atoms with E-state index in [1.54, 1.807) is 17.0 Å². The number of benzene rings is 1. The van der Waals surface area contributed by atoms with Gasteiger partial charge in [-0.15, -0.1) is 0 Å². The zero-order chi connectivity index (χ0) is 19.9. The molecular weight excluding hydrogens is 368 g/mol. The van der Waals surface area contributed by atoms with Gasteiger partial charge in [0, 0.05) is 39.3 Å². The molecule has 28 heavy (non-hydrogen) atoms. The SMILES string of the molecule is O=C(Cc1ccc(OC(F)F)cc1)N1CCN(CC(=O)N2CCCCC2)CC1. The van der Waals surface area contributed by atoms with Crippen molar-refractivity contribution in [2.75, 3.05) is 45.8 Å². The Labute approximate surface area is 164 Å². The third-order valence-corrected chi connectivity index (χ3v) is 5.30. The van der Waals surface area contributed by atoms with Crippen LogP contribution in [0.1, 0.15) is 24.8 Å². The van der Waals surface area contributed by atoms with Crippen molar-refractivity contribution in [2.24, 2.45) is 0 Å². The molecule has 2 fully saturated rings. The third-order valence-electron chi connectivity index (χ3n) is 5.30. The van der Waals surface area contributed by atoms with E-state index in [9.17, 15) is 18.4 Å². The fourth-order valence-corrected chi connectivity index (χ4v) is 3.67. The first-order valence-electron chi connectivity index (χ1n) is 9.83. The van der Waals surface area contributed by atoms with E-state index in [0.717, 1.165) is 31.5 Å². The van der Waals surface area contributed by atoms with E-state index in [-0.39, 0.29) is 24.0 Å². The number of carbonyl (C=O) groups is 2. The van der Waals surface area contributed by atoms with E-state index >= 15 is 0 Å². The highest BCUT2D eigenvalue weighted by atomic mass is 19.3. The van der Waals surface area contributed by atoms with Crippen LogP contribution in [0, 0.1) is 0 Å². The summed E-state index contributed by atoms with van der Waals surface area (Å²) in [6.07, 6.45) is 3.60. The molecule has 8 heteroatoms. The monoisotopic (exact) mass is 395 g/mol. The lowest BCUT2D eigenvalue weighted by Crippen LogP contribution is -2.52. The number of hydrogen-bond acceptors (Lipinski definition) is 4. The van der Waals surface area contributed by atoms with Gasteiger partial charge in [0.05, 0.1) is 13.0 Å². The Morgan fingerprint density at radius 1 is 0.857 bits per heavy atom. The minimum atomic E-state index is -2.86. The van der Waals surface area contributed by atoms with Crippen LogP contribution < -0.4 is 4.74 Å². The largest absolute Gasteiger partial charge is 0.435 e. The first-order valence-corrected chi connectivity index (χ1v) is 9.83. The molecule has 2 heterocycles. The van der Waals surface area contributed by atoms with Crippen LogP contribution >= 0.6 is 0 Å². The second kappa shape index (κ2) is 9.82. The maximum atomic E-state index is 12.5. The smallest absolute Gasteiger partial charge is 0.387 e. The van der Waals surface area contributed by atoms with Gasteiger partial charge in [-0.2, -0.15) is 8.78 Å². The van der Waals surface area contributed by atoms with Gasteiger partial charge in [0.25, 0.3) is 0 Å². The van der Waals surface area contributed by atoms with E-state index in [1.165, 1.54) is 18.6 Å². The molecule has 2 aliphatic rings. The summed E-state index contributed by atoms with van der Waals surface area (Å²) >= 11 is 0. The number of amides is 2. The lowest BCUT2D eigenvalue weighted by Gasteiger charge is -2.36. The highest BCUT2D eigenvalue weighted by Crippen LogP contribution is 2.16. The molecule has 3 rings (SSSR count). The van der Waals surface area contributed by atoms with Gasteiger partial charge in [0.2, 0.25) is 11.8 Å². The van der Waals surface area contributed by atoms with Gasteiger partial charge >= 0.3 is 6.61 Å². The molecule has 0 radical (unpaired) electrons. The molecule has 1 aromatic rings. The van der Waals surface area contributed by atoms with Crippen LogP contribution in [0.5, 0.6) is 5.75 Å². The summed E-state index contributed by atoms with van der Waals surface area (Å²) in [6.45, 7) is 1.85. The van der Waals surface area contributed by atoms with Crippen molar-refractivity contribution in [3.05, 3.63) is 29.8 Å². The van der Waals surface area contributed by atoms with Crippen molar-refractivity contribution < 1.29 is 23.1 Å². The standard InChI is InChI=1S/C20H27F2N3O3/c21-20(22)28-17-6-4-16(5-7-17)14-18(26)25-12-10-23(11-13-25)15-19(27)24-8-2-1-3-9-24/h4-7,20H,1-3,8-15H2. The minimum absolute atomic E-state index is 0.00420. The number of carbonyl (C=O) groups excluding carboxylic acids is 2. The zero-order valence-electron chi connectivity index (χ0n) is 16.0. The molecule has 0 saturated carbocycles. The molecule has 154 valence electrons. The number of hydrogen-bond donors (Lipinski definition) is 0. The highest BCUT2D eigenvalue weighted by Gasteiger charge is 2.24. The summed E-state index contributed by atoms with van der Waals surface area (Å²) in [5.74, 6) is 0.272. The molecule has 2 aliphatic heterocycles. The lowest BCUT2D eigenvalue weighted by molar-refractivity contribution is -0.135. The Kier molecular flexibility index (Phi) is 7.19. The van der Waals surface area contributed by atoms with Crippen LogP contribution in [0.15, 0.2) is 24.3 Å². The number of alkyl halides is 2. The van der Waals surface area contributed by atoms with Crippen LogP contribution in [0.25, 0.3) is 0 Å². The molecule has 0 N–H and O–H groups in total. The summed E-state index contributed by atoms with van der Waals surface area (Å²) in [7, 11) is 0. The number of likely N-dealkylation sites (tertiary alicyclic amines) is 1. The van der Waals surface area contributed by atoms with Gasteiger partial charge < -0.3 is 14.5 Å². The maximum Gasteiger partial charge on any atom is 0.387 e. The Balaban J connectivity index is 1.41. The Morgan fingerprint density at radius 2 is 1.46 bits per heavy atom. The van der Waals surface area contributed by atoms with Crippen LogP contribution in [-0.2, 0) is 16.0 Å². The predicted octanol–water partition coefficient (Wildman–Crippen LogP) is 1.99. The minimum Gasteiger partial charge on any atom is -0.435 e. The Morgan fingerprint density at radius 3 is 2.07 bits per heavy atom. The summed E-state index contributed by atoms with van der Waals surface area (Å²) < 4.78 is 28.7. The number of piperazine rings is 1. The molecular formula is C20H27F2N3O3. The summed E-state index contributed by atoms with van der Waals surface area (Å²) in [4.78, 5) is 30.7. The van der Waals surface area contributed by atoms with Crippen molar-refractivity contribution >= 4 is 11.8 Å². The van der Waals surface area contributed by atoms with Gasteiger partial charge in [-0.3, -0.25) is 14.5 Å². The molecule has 0 aromatic heterocycles. The van der Waals surface area contributed by atoms with Crippen molar-refractivity contribution in [3.63, 3.8) is 0 Å². The molecule has 0 spiro atoms. The lowest BCUT2D eigenvalue weighted by atomic mass is 10.1. The normalized spacial score (nSPS) is 18.4. The van der Waals surface area contributed by atoms with Crippen LogP contribution in [0.4, 0.5) is 8.78 Å². The third kappa shape index (κ3) is 5.89. The van der Waals surface area contributed by atoms with Crippen molar-refractivity contribution in [3.8, 4) is 5.75 Å². The number of nitrogens with zero attached hydrogens (tertiary/aromatic N) is 3. The van der Waals surface area contributed by atoms with Crippen molar-refractivity contribution in [1.29, 1.82) is 0 Å². The molecule has 6 nitrogen and oxygen atoms in total. The second-order valence-corrected chi connectivity index (χ2v) is 7.30. The molecule has 0 atom stereocenters. The topological polar surface area (TPSA) is 53.1 Å². The van der Waals surface area contributed by atoms with Crippen LogP contribution in [0.3, 0.4) is 0 Å². The fourth-order valence-electron chi connectivity index (χ4n) is 3.67. The average Bonchev–Trinajstić information content (AvgIpc) is 2.70. The summed E-state index contributed by atoms with van der Waals surface area (Å²) in [5, 5.41) is 0. The highest BCUT2D eigenvalue weighted by molar-refractivity contribution is 5.79. The number of ether oxygens (including phenoxy) is 1. The van der Waals surface area contributed by atoms with Crippen molar-refractivity contribution in [1.82, 2.24) is 14.7 Å². The van der Waals surface area contributed by atoms with Crippen LogP contribution in [-0.4, -0.2) is 78.9 Å². The number of piperidine rings is 1. The molecule has 0 aliphatic carbocycles. The average molecular weight is 395 g/mol. The van der Waals surface area contributed by atoms with Crippen LogP contribution in [0.2, 0.25) is 0 Å². The summed E-state index contributed by atoms with van der Waals surface area (Å²) in [5.41, 5.74) is 0.759. The Hall–Kier alpha value is -2.22. The van der Waals surface area contributed by atoms with E-state index in [1.807, 2.05) is 4.90 Å². The van der Waals surface area contributed by atoms with Gasteiger partial charge in [-0.05, 0) is 37.0 Å². The van der Waals surface area contributed by atoms with Gasteiger partial charge in [0.1, 0.15) is 5.75 Å². The van der Waals surface area contributed by atoms with E-state index in [4.69, 9.17) is 0 Å². The van der Waals surface area contributed by atoms with Gasteiger partial charge in [-0.25, -0.2) is 0 Å². The van der Waals surface area contributed by atoms with E-state index < -0.39 is 6.61 Å². The van der Waals surface area contributed by atoms with Gasteiger partial charge in [-0.1, -0.05) is 12.1 Å². The zero-order valence-corrected chi connectivity index (χ0v) is 16.0. The molecule has 1 aromatic carbocycles. The fraction of sp³-hybridized carbons (Fsp3) is 0.600.